The first-order valence-corrected chi connectivity index (χ1v) is 9.73. The van der Waals surface area contributed by atoms with Crippen LogP contribution in [0.1, 0.15) is 17.3 Å². The third-order valence-electron chi connectivity index (χ3n) is 4.71. The van der Waals surface area contributed by atoms with Gasteiger partial charge in [0.25, 0.3) is 11.8 Å². The van der Waals surface area contributed by atoms with E-state index < -0.39 is 0 Å². The molecule has 0 aliphatic heterocycles. The topological polar surface area (TPSA) is 80.3 Å². The van der Waals surface area contributed by atoms with Crippen LogP contribution < -0.4 is 15.4 Å². The molecule has 0 saturated carbocycles. The van der Waals surface area contributed by atoms with E-state index in [9.17, 15) is 9.59 Å². The van der Waals surface area contributed by atoms with E-state index in [1.54, 1.807) is 30.5 Å². The van der Waals surface area contributed by atoms with Gasteiger partial charge in [0.05, 0.1) is 11.1 Å². The molecule has 0 fully saturated rings. The van der Waals surface area contributed by atoms with E-state index in [0.717, 1.165) is 16.2 Å². The average molecular weight is 399 g/mol. The van der Waals surface area contributed by atoms with Gasteiger partial charge in [0.2, 0.25) is 0 Å². The summed E-state index contributed by atoms with van der Waals surface area (Å²) in [5.41, 5.74) is 1.80. The number of pyridine rings is 1. The van der Waals surface area contributed by atoms with Gasteiger partial charge in [-0.15, -0.1) is 0 Å². The molecule has 0 aliphatic rings. The molecule has 6 heteroatoms. The number of likely N-dealkylation sites (N-methyl/N-ethyl adjacent to an activating group) is 1. The SMILES string of the molecule is CCNC(=O)COc1ccc(NC(=O)c2cc3ccccc3c3cccnc23)cc1. The van der Waals surface area contributed by atoms with Crippen LogP contribution >= 0.6 is 0 Å². The molecule has 0 aliphatic carbocycles. The number of ether oxygens (including phenoxy) is 1. The minimum atomic E-state index is -0.236. The lowest BCUT2D eigenvalue weighted by molar-refractivity contribution is -0.122. The molecule has 1 heterocycles. The van der Waals surface area contributed by atoms with Gasteiger partial charge in [-0.2, -0.15) is 0 Å². The van der Waals surface area contributed by atoms with Crippen LogP contribution in [0.25, 0.3) is 21.7 Å². The van der Waals surface area contributed by atoms with Crippen LogP contribution in [0.5, 0.6) is 5.75 Å². The monoisotopic (exact) mass is 399 g/mol. The molecule has 4 aromatic rings. The van der Waals surface area contributed by atoms with Gasteiger partial charge < -0.3 is 15.4 Å². The molecule has 4 rings (SSSR count). The van der Waals surface area contributed by atoms with E-state index >= 15 is 0 Å². The lowest BCUT2D eigenvalue weighted by atomic mass is 10.0. The predicted octanol–water partition coefficient (Wildman–Crippen LogP) is 4.16. The van der Waals surface area contributed by atoms with Crippen molar-refractivity contribution < 1.29 is 14.3 Å². The van der Waals surface area contributed by atoms with E-state index in [1.165, 1.54) is 0 Å². The quantitative estimate of drug-likeness (QED) is 0.477. The van der Waals surface area contributed by atoms with E-state index in [2.05, 4.69) is 15.6 Å². The maximum absolute atomic E-state index is 13.0. The number of hydrogen-bond donors (Lipinski definition) is 2. The highest BCUT2D eigenvalue weighted by Crippen LogP contribution is 2.28. The highest BCUT2D eigenvalue weighted by Gasteiger charge is 2.14. The molecule has 0 atom stereocenters. The molecular weight excluding hydrogens is 378 g/mol. The van der Waals surface area contributed by atoms with E-state index in [1.807, 2.05) is 49.4 Å². The second-order valence-electron chi connectivity index (χ2n) is 6.77. The predicted molar refractivity (Wildman–Crippen MR) is 118 cm³/mol. The summed E-state index contributed by atoms with van der Waals surface area (Å²) in [6, 6.07) is 20.6. The summed E-state index contributed by atoms with van der Waals surface area (Å²) in [5.74, 6) is 0.142. The zero-order chi connectivity index (χ0) is 20.9. The molecular formula is C24H21N3O3. The normalized spacial score (nSPS) is 10.7. The Morgan fingerprint density at radius 2 is 1.73 bits per heavy atom. The minimum Gasteiger partial charge on any atom is -0.484 e. The van der Waals surface area contributed by atoms with Crippen molar-refractivity contribution in [3.8, 4) is 5.75 Å². The Morgan fingerprint density at radius 3 is 2.53 bits per heavy atom. The Labute approximate surface area is 173 Å². The summed E-state index contributed by atoms with van der Waals surface area (Å²) in [4.78, 5) is 28.9. The second-order valence-corrected chi connectivity index (χ2v) is 6.77. The fourth-order valence-electron chi connectivity index (χ4n) is 3.33. The first-order valence-electron chi connectivity index (χ1n) is 9.73. The van der Waals surface area contributed by atoms with Crippen LogP contribution in [0, 0.1) is 0 Å². The molecule has 0 spiro atoms. The van der Waals surface area contributed by atoms with Crippen molar-refractivity contribution in [1.29, 1.82) is 0 Å². The lowest BCUT2D eigenvalue weighted by Crippen LogP contribution is -2.28. The fraction of sp³-hybridized carbons (Fsp3) is 0.125. The maximum Gasteiger partial charge on any atom is 0.257 e. The Morgan fingerprint density at radius 1 is 0.967 bits per heavy atom. The Kier molecular flexibility index (Phi) is 5.57. The van der Waals surface area contributed by atoms with Gasteiger partial charge in [-0.05, 0) is 54.1 Å². The number of carbonyl (C=O) groups excluding carboxylic acids is 2. The van der Waals surface area contributed by atoms with Crippen LogP contribution in [0.15, 0.2) is 72.9 Å². The number of amides is 2. The Balaban J connectivity index is 1.55. The molecule has 2 amide bonds. The van der Waals surface area contributed by atoms with Gasteiger partial charge in [0.1, 0.15) is 5.75 Å². The summed E-state index contributed by atoms with van der Waals surface area (Å²) in [7, 11) is 0. The Bertz CT molecular complexity index is 1220. The van der Waals surface area contributed by atoms with Crippen molar-refractivity contribution in [3.63, 3.8) is 0 Å². The second kappa shape index (κ2) is 8.61. The summed E-state index contributed by atoms with van der Waals surface area (Å²) < 4.78 is 5.44. The summed E-state index contributed by atoms with van der Waals surface area (Å²) in [6.45, 7) is 2.36. The van der Waals surface area contributed by atoms with Crippen molar-refractivity contribution in [3.05, 3.63) is 78.5 Å². The zero-order valence-electron chi connectivity index (χ0n) is 16.5. The van der Waals surface area contributed by atoms with Gasteiger partial charge in [-0.3, -0.25) is 14.6 Å². The standard InChI is InChI=1S/C24H21N3O3/c1-2-25-22(28)15-30-18-11-9-17(10-12-18)27-24(29)21-14-16-6-3-4-7-19(16)20-8-5-13-26-23(20)21/h3-14H,2,15H2,1H3,(H,25,28)(H,27,29). The number of benzene rings is 3. The van der Waals surface area contributed by atoms with E-state index in [4.69, 9.17) is 4.74 Å². The van der Waals surface area contributed by atoms with Gasteiger partial charge in [0.15, 0.2) is 6.61 Å². The van der Waals surface area contributed by atoms with Gasteiger partial charge in [-0.25, -0.2) is 0 Å². The summed E-state index contributed by atoms with van der Waals surface area (Å²) >= 11 is 0. The number of hydrogen-bond acceptors (Lipinski definition) is 4. The molecule has 1 aromatic heterocycles. The van der Waals surface area contributed by atoms with Crippen LogP contribution in [0.4, 0.5) is 5.69 Å². The Hall–Kier alpha value is -3.93. The number of anilines is 1. The fourth-order valence-corrected chi connectivity index (χ4v) is 3.33. The molecule has 2 N–H and O–H groups in total. The molecule has 0 saturated heterocycles. The largest absolute Gasteiger partial charge is 0.484 e. The van der Waals surface area contributed by atoms with Gasteiger partial charge in [0, 0.05) is 23.8 Å². The van der Waals surface area contributed by atoms with Crippen LogP contribution in [0.3, 0.4) is 0 Å². The molecule has 0 unspecified atom stereocenters. The molecule has 0 radical (unpaired) electrons. The summed E-state index contributed by atoms with van der Waals surface area (Å²) in [6.07, 6.45) is 1.69. The van der Waals surface area contributed by atoms with Crippen molar-refractivity contribution in [1.82, 2.24) is 10.3 Å². The highest BCUT2D eigenvalue weighted by molar-refractivity contribution is 6.18. The third-order valence-corrected chi connectivity index (χ3v) is 4.71. The molecule has 150 valence electrons. The van der Waals surface area contributed by atoms with Crippen molar-refractivity contribution in [2.24, 2.45) is 0 Å². The smallest absolute Gasteiger partial charge is 0.257 e. The zero-order valence-corrected chi connectivity index (χ0v) is 16.5. The minimum absolute atomic E-state index is 0.0473. The van der Waals surface area contributed by atoms with Gasteiger partial charge in [-0.1, -0.05) is 30.3 Å². The third kappa shape index (κ3) is 4.07. The molecule has 30 heavy (non-hydrogen) atoms. The van der Waals surface area contributed by atoms with E-state index in [0.29, 0.717) is 29.1 Å². The van der Waals surface area contributed by atoms with Crippen molar-refractivity contribution in [2.75, 3.05) is 18.5 Å². The van der Waals surface area contributed by atoms with Crippen molar-refractivity contribution in [2.45, 2.75) is 6.92 Å². The van der Waals surface area contributed by atoms with Crippen molar-refractivity contribution >= 4 is 39.2 Å². The number of nitrogens with one attached hydrogen (secondary N) is 2. The average Bonchev–Trinajstić information content (AvgIpc) is 2.78. The lowest BCUT2D eigenvalue weighted by Gasteiger charge is -2.11. The van der Waals surface area contributed by atoms with Crippen LogP contribution in [0.2, 0.25) is 0 Å². The van der Waals surface area contributed by atoms with Gasteiger partial charge >= 0.3 is 0 Å². The highest BCUT2D eigenvalue weighted by atomic mass is 16.5. The number of aromatic nitrogens is 1. The van der Waals surface area contributed by atoms with E-state index in [-0.39, 0.29) is 18.4 Å². The maximum atomic E-state index is 13.0. The number of rotatable bonds is 6. The molecule has 6 nitrogen and oxygen atoms in total. The number of carbonyl (C=O) groups is 2. The van der Waals surface area contributed by atoms with Crippen LogP contribution in [-0.2, 0) is 4.79 Å². The van der Waals surface area contributed by atoms with Crippen LogP contribution in [-0.4, -0.2) is 29.9 Å². The summed E-state index contributed by atoms with van der Waals surface area (Å²) in [5, 5.41) is 8.57. The first-order chi connectivity index (χ1) is 14.7. The number of fused-ring (bicyclic) bond motifs is 3. The molecule has 3 aromatic carbocycles. The first kappa shape index (κ1) is 19.4. The molecule has 0 bridgehead atoms. The number of nitrogens with zero attached hydrogens (tertiary/aromatic N) is 1.